The van der Waals surface area contributed by atoms with Crippen LogP contribution in [0.25, 0.3) is 0 Å². The lowest BCUT2D eigenvalue weighted by molar-refractivity contribution is -0.136. The lowest BCUT2D eigenvalue weighted by atomic mass is 9.86. The fraction of sp³-hybridized carbons (Fsp3) is 0.526. The summed E-state index contributed by atoms with van der Waals surface area (Å²) in [4.78, 5) is 24.5. The number of nitrogens with zero attached hydrogens (tertiary/aromatic N) is 2. The molecule has 25 heavy (non-hydrogen) atoms. The third-order valence-corrected chi connectivity index (χ3v) is 5.29. The van der Waals surface area contributed by atoms with E-state index in [0.29, 0.717) is 23.8 Å². The summed E-state index contributed by atoms with van der Waals surface area (Å²) in [5, 5.41) is 9.45. The molecule has 1 fully saturated rings. The van der Waals surface area contributed by atoms with Gasteiger partial charge in [0.1, 0.15) is 6.54 Å². The zero-order chi connectivity index (χ0) is 17.8. The maximum atomic E-state index is 12.4. The molecule has 0 spiro atoms. The Morgan fingerprint density at radius 1 is 1.24 bits per heavy atom. The average molecular weight is 362 g/mol. The van der Waals surface area contributed by atoms with Gasteiger partial charge in [-0.15, -0.1) is 0 Å². The van der Waals surface area contributed by atoms with Crippen molar-refractivity contribution in [2.45, 2.75) is 51.5 Å². The molecule has 0 saturated heterocycles. The van der Waals surface area contributed by atoms with E-state index in [2.05, 4.69) is 17.3 Å². The lowest BCUT2D eigenvalue weighted by Crippen LogP contribution is -2.46. The molecule has 2 amide bonds. The van der Waals surface area contributed by atoms with Crippen molar-refractivity contribution in [1.29, 1.82) is 0 Å². The van der Waals surface area contributed by atoms with Gasteiger partial charge in [0.2, 0.25) is 11.8 Å². The molecule has 1 aromatic carbocycles. The van der Waals surface area contributed by atoms with Crippen LogP contribution in [0.3, 0.4) is 0 Å². The minimum atomic E-state index is -0.131. The van der Waals surface area contributed by atoms with Crippen molar-refractivity contribution in [3.05, 3.63) is 34.9 Å². The van der Waals surface area contributed by atoms with Crippen molar-refractivity contribution in [3.8, 4) is 0 Å². The molecule has 1 heterocycles. The Kier molecular flexibility index (Phi) is 5.74. The Labute approximate surface area is 153 Å². The second kappa shape index (κ2) is 8.00. The van der Waals surface area contributed by atoms with E-state index in [4.69, 9.17) is 11.6 Å². The van der Waals surface area contributed by atoms with Crippen molar-refractivity contribution in [3.63, 3.8) is 0 Å². The van der Waals surface area contributed by atoms with E-state index in [1.54, 1.807) is 12.1 Å². The van der Waals surface area contributed by atoms with Gasteiger partial charge in [-0.1, -0.05) is 43.5 Å². The molecule has 2 aliphatic rings. The molecule has 1 aromatic rings. The number of rotatable bonds is 4. The smallest absolute Gasteiger partial charge is 0.243 e. The average Bonchev–Trinajstić information content (AvgIpc) is 2.60. The molecular formula is C19H24ClN3O2. The molecule has 6 heteroatoms. The van der Waals surface area contributed by atoms with Gasteiger partial charge in [-0.05, 0) is 36.5 Å². The summed E-state index contributed by atoms with van der Waals surface area (Å²) in [5.74, 6) is 0.251. The quantitative estimate of drug-likeness (QED) is 0.893. The van der Waals surface area contributed by atoms with E-state index in [1.807, 2.05) is 12.1 Å². The number of benzene rings is 1. The van der Waals surface area contributed by atoms with Crippen LogP contribution in [0.4, 0.5) is 0 Å². The monoisotopic (exact) mass is 361 g/mol. The molecule has 3 rings (SSSR count). The van der Waals surface area contributed by atoms with Gasteiger partial charge in [-0.2, -0.15) is 5.10 Å². The molecule has 5 nitrogen and oxygen atoms in total. The summed E-state index contributed by atoms with van der Waals surface area (Å²) < 4.78 is 0. The number of halogens is 1. The van der Waals surface area contributed by atoms with Crippen LogP contribution < -0.4 is 5.32 Å². The number of carbonyl (C=O) groups is 2. The first-order valence-electron chi connectivity index (χ1n) is 8.96. The molecule has 0 unspecified atom stereocenters. The van der Waals surface area contributed by atoms with Crippen molar-refractivity contribution in [2.24, 2.45) is 11.0 Å². The summed E-state index contributed by atoms with van der Waals surface area (Å²) in [5.41, 5.74) is 1.75. The van der Waals surface area contributed by atoms with Crippen molar-refractivity contribution in [1.82, 2.24) is 10.3 Å². The van der Waals surface area contributed by atoms with Crippen LogP contribution in [0.2, 0.25) is 5.02 Å². The van der Waals surface area contributed by atoms with E-state index in [0.717, 1.165) is 30.5 Å². The zero-order valence-electron chi connectivity index (χ0n) is 14.5. The van der Waals surface area contributed by atoms with E-state index in [-0.39, 0.29) is 24.4 Å². The second-order valence-corrected chi connectivity index (χ2v) is 7.38. The van der Waals surface area contributed by atoms with E-state index in [1.165, 1.54) is 11.4 Å². The van der Waals surface area contributed by atoms with E-state index < -0.39 is 0 Å². The Bertz CT molecular complexity index is 672. The molecule has 2 atom stereocenters. The molecule has 1 aliphatic carbocycles. The van der Waals surface area contributed by atoms with Crippen molar-refractivity contribution >= 4 is 29.1 Å². The number of hydrogen-bond donors (Lipinski definition) is 1. The number of carbonyl (C=O) groups excluding carboxylic acids is 2. The maximum Gasteiger partial charge on any atom is 0.243 e. The van der Waals surface area contributed by atoms with Gasteiger partial charge in [0, 0.05) is 23.9 Å². The maximum absolute atomic E-state index is 12.4. The first kappa shape index (κ1) is 17.9. The van der Waals surface area contributed by atoms with Crippen LogP contribution in [0.5, 0.6) is 0 Å². The van der Waals surface area contributed by atoms with Crippen molar-refractivity contribution < 1.29 is 9.59 Å². The number of hydrazone groups is 1. The highest BCUT2D eigenvalue weighted by molar-refractivity contribution is 6.30. The third-order valence-electron chi connectivity index (χ3n) is 5.03. The van der Waals surface area contributed by atoms with Gasteiger partial charge >= 0.3 is 0 Å². The van der Waals surface area contributed by atoms with Gasteiger partial charge in [-0.25, -0.2) is 5.01 Å². The highest BCUT2D eigenvalue weighted by Crippen LogP contribution is 2.24. The minimum Gasteiger partial charge on any atom is -0.351 e. The van der Waals surface area contributed by atoms with Gasteiger partial charge < -0.3 is 5.32 Å². The molecule has 1 aliphatic heterocycles. The van der Waals surface area contributed by atoms with Crippen LogP contribution in [0.15, 0.2) is 29.4 Å². The molecule has 0 radical (unpaired) electrons. The summed E-state index contributed by atoms with van der Waals surface area (Å²) in [6, 6.07) is 7.59. The van der Waals surface area contributed by atoms with Gasteiger partial charge in [-0.3, -0.25) is 9.59 Å². The fourth-order valence-electron chi connectivity index (χ4n) is 3.49. The predicted molar refractivity (Wildman–Crippen MR) is 98.5 cm³/mol. The highest BCUT2D eigenvalue weighted by Gasteiger charge is 2.26. The highest BCUT2D eigenvalue weighted by atomic mass is 35.5. The Balaban J connectivity index is 1.65. The largest absolute Gasteiger partial charge is 0.351 e. The Morgan fingerprint density at radius 2 is 1.96 bits per heavy atom. The summed E-state index contributed by atoms with van der Waals surface area (Å²) >= 11 is 5.92. The van der Waals surface area contributed by atoms with Crippen molar-refractivity contribution in [2.75, 3.05) is 6.54 Å². The first-order chi connectivity index (χ1) is 12.0. The normalized spacial score (nSPS) is 24.0. The van der Waals surface area contributed by atoms with Crippen LogP contribution >= 0.6 is 11.6 Å². The van der Waals surface area contributed by atoms with Crippen LogP contribution in [0.1, 0.15) is 51.0 Å². The van der Waals surface area contributed by atoms with Crippen LogP contribution in [-0.4, -0.2) is 35.1 Å². The standard InChI is InChI=1S/C19H24ClN3O2/c1-13-4-2-3-5-16(13)21-18(24)12-23-19(25)11-10-17(22-23)14-6-8-15(20)9-7-14/h6-9,13,16H,2-5,10-12H2,1H3,(H,21,24)/t13-,16-/m1/s1. The molecular weight excluding hydrogens is 338 g/mol. The van der Waals surface area contributed by atoms with E-state index in [9.17, 15) is 9.59 Å². The molecule has 134 valence electrons. The summed E-state index contributed by atoms with van der Waals surface area (Å²) in [6.07, 6.45) is 5.49. The summed E-state index contributed by atoms with van der Waals surface area (Å²) in [6.45, 7) is 2.16. The fourth-order valence-corrected chi connectivity index (χ4v) is 3.62. The lowest BCUT2D eigenvalue weighted by Gasteiger charge is -2.30. The Hall–Kier alpha value is -1.88. The van der Waals surface area contributed by atoms with Gasteiger partial charge in [0.15, 0.2) is 0 Å². The topological polar surface area (TPSA) is 61.8 Å². The number of hydrogen-bond acceptors (Lipinski definition) is 3. The molecule has 0 aromatic heterocycles. The van der Waals surface area contributed by atoms with Gasteiger partial charge in [0.25, 0.3) is 0 Å². The minimum absolute atomic E-state index is 0.0147. The molecule has 0 bridgehead atoms. The number of amides is 2. The third kappa shape index (κ3) is 4.60. The first-order valence-corrected chi connectivity index (χ1v) is 9.34. The second-order valence-electron chi connectivity index (χ2n) is 6.94. The number of nitrogens with one attached hydrogen (secondary N) is 1. The summed E-state index contributed by atoms with van der Waals surface area (Å²) in [7, 11) is 0. The predicted octanol–water partition coefficient (Wildman–Crippen LogP) is 3.36. The van der Waals surface area contributed by atoms with Crippen LogP contribution in [-0.2, 0) is 9.59 Å². The molecule has 1 N–H and O–H groups in total. The SMILES string of the molecule is C[C@@H]1CCCC[C@H]1NC(=O)CN1N=C(c2ccc(Cl)cc2)CCC1=O. The Morgan fingerprint density at radius 3 is 2.68 bits per heavy atom. The van der Waals surface area contributed by atoms with Crippen LogP contribution in [0, 0.1) is 5.92 Å². The zero-order valence-corrected chi connectivity index (χ0v) is 15.3. The van der Waals surface area contributed by atoms with E-state index >= 15 is 0 Å². The van der Waals surface area contributed by atoms with Gasteiger partial charge in [0.05, 0.1) is 5.71 Å². The molecule has 1 saturated carbocycles.